The molecule has 0 aromatic heterocycles. The summed E-state index contributed by atoms with van der Waals surface area (Å²) in [5, 5.41) is 9.77. The molecule has 2 nitrogen and oxygen atoms in total. The van der Waals surface area contributed by atoms with Crippen molar-refractivity contribution in [3.63, 3.8) is 0 Å². The Morgan fingerprint density at radius 3 is 2.79 bits per heavy atom. The Morgan fingerprint density at radius 2 is 2.21 bits per heavy atom. The minimum absolute atomic E-state index is 0.287. The lowest BCUT2D eigenvalue weighted by molar-refractivity contribution is 0.0786. The van der Waals surface area contributed by atoms with E-state index < -0.39 is 6.10 Å². The Labute approximate surface area is 83.0 Å². The van der Waals surface area contributed by atoms with Gasteiger partial charge in [0.05, 0.1) is 6.10 Å². The Bertz CT molecular complexity index is 312. The van der Waals surface area contributed by atoms with Gasteiger partial charge in [0, 0.05) is 6.54 Å². The fraction of sp³-hybridized carbons (Fsp3) is 0.455. The van der Waals surface area contributed by atoms with Gasteiger partial charge in [0.25, 0.3) is 0 Å². The smallest absolute Gasteiger partial charge is 0.123 e. The van der Waals surface area contributed by atoms with E-state index in [0.29, 0.717) is 12.1 Å². The number of β-amino-alcohol motifs (C(OH)–C–C–N with tert-alkyl or cyclic N) is 1. The lowest BCUT2D eigenvalue weighted by Gasteiger charge is -2.32. The largest absolute Gasteiger partial charge is 0.387 e. The van der Waals surface area contributed by atoms with Crippen LogP contribution in [0.15, 0.2) is 24.3 Å². The van der Waals surface area contributed by atoms with Crippen molar-refractivity contribution in [1.82, 2.24) is 4.90 Å². The summed E-state index contributed by atoms with van der Waals surface area (Å²) in [6, 6.07) is 6.17. The molecule has 0 bridgehead atoms. The van der Waals surface area contributed by atoms with Gasteiger partial charge in [-0.25, -0.2) is 4.39 Å². The van der Waals surface area contributed by atoms with Crippen molar-refractivity contribution in [2.75, 3.05) is 19.6 Å². The second-order valence-corrected chi connectivity index (χ2v) is 3.72. The van der Waals surface area contributed by atoms with Crippen molar-refractivity contribution in [1.29, 1.82) is 0 Å². The van der Waals surface area contributed by atoms with Crippen LogP contribution in [0.4, 0.5) is 4.39 Å². The lowest BCUT2D eigenvalue weighted by Crippen LogP contribution is -2.39. The van der Waals surface area contributed by atoms with Crippen molar-refractivity contribution in [2.45, 2.75) is 12.5 Å². The highest BCUT2D eigenvalue weighted by Gasteiger charge is 2.18. The number of rotatable bonds is 3. The minimum Gasteiger partial charge on any atom is -0.387 e. The number of likely N-dealkylation sites (tertiary alicyclic amines) is 1. The molecule has 1 N–H and O–H groups in total. The number of nitrogens with zero attached hydrogens (tertiary/aromatic N) is 1. The summed E-state index contributed by atoms with van der Waals surface area (Å²) in [6.45, 7) is 2.71. The Hall–Kier alpha value is -0.930. The SMILES string of the molecule is O[C@H](CN1CCC1)c1cccc(F)c1. The third kappa shape index (κ3) is 2.11. The van der Waals surface area contributed by atoms with E-state index in [2.05, 4.69) is 4.90 Å². The highest BCUT2D eigenvalue weighted by Crippen LogP contribution is 2.17. The van der Waals surface area contributed by atoms with E-state index in [1.807, 2.05) is 0 Å². The number of benzene rings is 1. The van der Waals surface area contributed by atoms with E-state index in [1.165, 1.54) is 18.6 Å². The van der Waals surface area contributed by atoms with Gasteiger partial charge in [-0.15, -0.1) is 0 Å². The van der Waals surface area contributed by atoms with Crippen molar-refractivity contribution in [2.24, 2.45) is 0 Å². The summed E-state index contributed by atoms with van der Waals surface area (Å²) in [5.74, 6) is -0.287. The number of aliphatic hydroxyl groups excluding tert-OH is 1. The molecule has 1 aliphatic rings. The molecule has 1 saturated heterocycles. The van der Waals surface area contributed by atoms with Crippen LogP contribution in [-0.4, -0.2) is 29.6 Å². The molecule has 2 rings (SSSR count). The van der Waals surface area contributed by atoms with E-state index in [0.717, 1.165) is 13.1 Å². The molecule has 0 aliphatic carbocycles. The van der Waals surface area contributed by atoms with Gasteiger partial charge in [0.15, 0.2) is 0 Å². The standard InChI is InChI=1S/C11H14FNO/c12-10-4-1-3-9(7-10)11(14)8-13-5-2-6-13/h1,3-4,7,11,14H,2,5-6,8H2/t11-/m1/s1. The average molecular weight is 195 g/mol. The van der Waals surface area contributed by atoms with Crippen molar-refractivity contribution >= 4 is 0 Å². The maximum absolute atomic E-state index is 12.8. The van der Waals surface area contributed by atoms with Crippen LogP contribution in [0.3, 0.4) is 0 Å². The Morgan fingerprint density at radius 1 is 1.43 bits per heavy atom. The van der Waals surface area contributed by atoms with E-state index in [9.17, 15) is 9.50 Å². The van der Waals surface area contributed by atoms with Gasteiger partial charge in [0.1, 0.15) is 5.82 Å². The molecular weight excluding hydrogens is 181 g/mol. The minimum atomic E-state index is -0.564. The van der Waals surface area contributed by atoms with Crippen LogP contribution in [-0.2, 0) is 0 Å². The van der Waals surface area contributed by atoms with Crippen LogP contribution in [0, 0.1) is 5.82 Å². The van der Waals surface area contributed by atoms with E-state index >= 15 is 0 Å². The molecule has 1 atom stereocenters. The fourth-order valence-electron chi connectivity index (χ4n) is 1.63. The predicted octanol–water partition coefficient (Wildman–Crippen LogP) is 1.56. The first kappa shape index (κ1) is 9.62. The van der Waals surface area contributed by atoms with Gasteiger partial charge in [-0.1, -0.05) is 12.1 Å². The van der Waals surface area contributed by atoms with Crippen molar-refractivity contribution in [3.05, 3.63) is 35.6 Å². The summed E-state index contributed by atoms with van der Waals surface area (Å²) in [7, 11) is 0. The van der Waals surface area contributed by atoms with Crippen LogP contribution in [0.1, 0.15) is 18.1 Å². The van der Waals surface area contributed by atoms with Gasteiger partial charge in [-0.05, 0) is 37.2 Å². The Balaban J connectivity index is 1.98. The zero-order valence-electron chi connectivity index (χ0n) is 7.99. The summed E-state index contributed by atoms with van der Waals surface area (Å²) in [6.07, 6.45) is 0.640. The molecule has 1 aliphatic heterocycles. The van der Waals surface area contributed by atoms with E-state index in [-0.39, 0.29) is 5.82 Å². The predicted molar refractivity (Wildman–Crippen MR) is 52.4 cm³/mol. The Kier molecular flexibility index (Phi) is 2.79. The molecule has 0 unspecified atom stereocenters. The van der Waals surface area contributed by atoms with Crippen molar-refractivity contribution in [3.8, 4) is 0 Å². The van der Waals surface area contributed by atoms with Crippen LogP contribution in [0.25, 0.3) is 0 Å². The highest BCUT2D eigenvalue weighted by atomic mass is 19.1. The van der Waals surface area contributed by atoms with Gasteiger partial charge in [0.2, 0.25) is 0 Å². The van der Waals surface area contributed by atoms with E-state index in [4.69, 9.17) is 0 Å². The molecule has 0 saturated carbocycles. The average Bonchev–Trinajstić information content (AvgIpc) is 2.11. The second-order valence-electron chi connectivity index (χ2n) is 3.72. The number of halogens is 1. The zero-order chi connectivity index (χ0) is 9.97. The van der Waals surface area contributed by atoms with Crippen LogP contribution in [0.5, 0.6) is 0 Å². The monoisotopic (exact) mass is 195 g/mol. The highest BCUT2D eigenvalue weighted by molar-refractivity contribution is 5.19. The van der Waals surface area contributed by atoms with Crippen LogP contribution < -0.4 is 0 Å². The first-order valence-corrected chi connectivity index (χ1v) is 4.91. The van der Waals surface area contributed by atoms with E-state index in [1.54, 1.807) is 12.1 Å². The van der Waals surface area contributed by atoms with Gasteiger partial charge in [-0.3, -0.25) is 0 Å². The summed E-state index contributed by atoms with van der Waals surface area (Å²) < 4.78 is 12.8. The third-order valence-electron chi connectivity index (χ3n) is 2.61. The summed E-state index contributed by atoms with van der Waals surface area (Å²) >= 11 is 0. The molecule has 14 heavy (non-hydrogen) atoms. The lowest BCUT2D eigenvalue weighted by atomic mass is 10.1. The maximum atomic E-state index is 12.8. The number of aliphatic hydroxyl groups is 1. The van der Waals surface area contributed by atoms with Gasteiger partial charge in [-0.2, -0.15) is 0 Å². The molecule has 1 fully saturated rings. The third-order valence-corrected chi connectivity index (χ3v) is 2.61. The molecule has 76 valence electrons. The van der Waals surface area contributed by atoms with Crippen molar-refractivity contribution < 1.29 is 9.50 Å². The maximum Gasteiger partial charge on any atom is 0.123 e. The summed E-state index contributed by atoms with van der Waals surface area (Å²) in [5.41, 5.74) is 0.664. The zero-order valence-corrected chi connectivity index (χ0v) is 7.99. The van der Waals surface area contributed by atoms with Crippen LogP contribution >= 0.6 is 0 Å². The molecule has 0 amide bonds. The van der Waals surface area contributed by atoms with Crippen LogP contribution in [0.2, 0.25) is 0 Å². The molecule has 0 radical (unpaired) electrons. The molecule has 3 heteroatoms. The summed E-state index contributed by atoms with van der Waals surface area (Å²) in [4.78, 5) is 2.16. The fourth-order valence-corrected chi connectivity index (χ4v) is 1.63. The van der Waals surface area contributed by atoms with Gasteiger partial charge >= 0.3 is 0 Å². The second kappa shape index (κ2) is 4.07. The molecule has 1 aromatic rings. The molecule has 1 heterocycles. The number of hydrogen-bond donors (Lipinski definition) is 1. The normalized spacial score (nSPS) is 19.0. The first-order chi connectivity index (χ1) is 6.75. The molecular formula is C11H14FNO. The topological polar surface area (TPSA) is 23.5 Å². The first-order valence-electron chi connectivity index (χ1n) is 4.91. The quantitative estimate of drug-likeness (QED) is 0.791. The molecule has 0 spiro atoms. The number of hydrogen-bond acceptors (Lipinski definition) is 2. The molecule has 1 aromatic carbocycles. The van der Waals surface area contributed by atoms with Gasteiger partial charge < -0.3 is 10.0 Å².